The fraction of sp³-hybridized carbons (Fsp3) is 0.333. The number of halogens is 3. The summed E-state index contributed by atoms with van der Waals surface area (Å²) in [6, 6.07) is 0. The summed E-state index contributed by atoms with van der Waals surface area (Å²) < 4.78 is 44.1. The fourth-order valence-electron chi connectivity index (χ4n) is 1.26. The minimum Gasteiger partial charge on any atom is -0.469 e. The van der Waals surface area contributed by atoms with Crippen LogP contribution < -0.4 is 10.2 Å². The summed E-state index contributed by atoms with van der Waals surface area (Å²) in [6.07, 6.45) is -5.59. The maximum Gasteiger partial charge on any atom is 0.574 e. The van der Waals surface area contributed by atoms with E-state index in [1.807, 2.05) is 4.98 Å². The van der Waals surface area contributed by atoms with E-state index in [-0.39, 0.29) is 0 Å². The summed E-state index contributed by atoms with van der Waals surface area (Å²) in [4.78, 5) is 34.0. The van der Waals surface area contributed by atoms with Gasteiger partial charge in [-0.2, -0.15) is 0 Å². The van der Waals surface area contributed by atoms with E-state index in [0.717, 1.165) is 7.11 Å². The quantitative estimate of drug-likeness (QED) is 0.502. The molecule has 1 aromatic rings. The maximum absolute atomic E-state index is 12.1. The molecule has 0 bridgehead atoms. The van der Waals surface area contributed by atoms with Gasteiger partial charge in [0.05, 0.1) is 30.2 Å². The highest BCUT2D eigenvalue weighted by atomic mass is 19.4. The number of H-pyrrole nitrogens is 1. The lowest BCUT2D eigenvalue weighted by Crippen LogP contribution is -2.24. The first-order valence-electron chi connectivity index (χ1n) is 4.87. The van der Waals surface area contributed by atoms with E-state index in [9.17, 15) is 32.9 Å². The van der Waals surface area contributed by atoms with Crippen molar-refractivity contribution in [1.82, 2.24) is 4.98 Å². The highest BCUT2D eigenvalue weighted by Crippen LogP contribution is 2.24. The zero-order valence-electron chi connectivity index (χ0n) is 9.82. The Morgan fingerprint density at radius 2 is 2.10 bits per heavy atom. The van der Waals surface area contributed by atoms with Crippen LogP contribution >= 0.6 is 0 Å². The number of nitrogens with one attached hydrogen (secondary N) is 1. The zero-order valence-corrected chi connectivity index (χ0v) is 9.82. The summed E-state index contributed by atoms with van der Waals surface area (Å²) in [6.45, 7) is 0. The number of esters is 1. The number of nitrogens with zero attached hydrogens (tertiary/aromatic N) is 1. The molecule has 0 aliphatic rings. The van der Waals surface area contributed by atoms with Gasteiger partial charge in [-0.1, -0.05) is 0 Å². The van der Waals surface area contributed by atoms with Crippen molar-refractivity contribution in [2.45, 2.75) is 12.8 Å². The Bertz CT molecular complexity index is 594. The number of hydrogen-bond acceptors (Lipinski definition) is 6. The van der Waals surface area contributed by atoms with Crippen LogP contribution in [0.4, 0.5) is 18.9 Å². The minimum absolute atomic E-state index is 0.449. The average Bonchev–Trinajstić information content (AvgIpc) is 2.31. The topological polar surface area (TPSA) is 112 Å². The molecule has 0 saturated carbocycles. The summed E-state index contributed by atoms with van der Waals surface area (Å²) >= 11 is 0. The third-order valence-corrected chi connectivity index (χ3v) is 2.08. The number of alkyl halides is 3. The van der Waals surface area contributed by atoms with Crippen LogP contribution in [0.25, 0.3) is 0 Å². The van der Waals surface area contributed by atoms with Gasteiger partial charge in [0.15, 0.2) is 0 Å². The van der Waals surface area contributed by atoms with Crippen molar-refractivity contribution in [3.8, 4) is 5.88 Å². The van der Waals surface area contributed by atoms with E-state index in [0.29, 0.717) is 6.20 Å². The lowest BCUT2D eigenvalue weighted by molar-refractivity contribution is -0.386. The van der Waals surface area contributed by atoms with Crippen molar-refractivity contribution in [3.63, 3.8) is 0 Å². The molecule has 1 rings (SSSR count). The number of carbonyl (C=O) groups excluding carboxylic acids is 1. The van der Waals surface area contributed by atoms with Crippen LogP contribution in [0.2, 0.25) is 0 Å². The summed E-state index contributed by atoms with van der Waals surface area (Å²) in [5, 5.41) is 10.5. The van der Waals surface area contributed by atoms with Gasteiger partial charge in [0, 0.05) is 0 Å². The number of nitro groups is 1. The summed E-state index contributed by atoms with van der Waals surface area (Å²) in [5.74, 6) is -2.15. The summed E-state index contributed by atoms with van der Waals surface area (Å²) in [7, 11) is 0.943. The molecule has 0 radical (unpaired) electrons. The molecular weight excluding hydrogens is 289 g/mol. The third kappa shape index (κ3) is 3.70. The number of ether oxygens (including phenoxy) is 2. The first-order valence-corrected chi connectivity index (χ1v) is 4.87. The first kappa shape index (κ1) is 15.5. The molecule has 110 valence electrons. The number of pyridine rings is 1. The van der Waals surface area contributed by atoms with Gasteiger partial charge in [-0.25, -0.2) is 0 Å². The summed E-state index contributed by atoms with van der Waals surface area (Å²) in [5.41, 5.74) is -3.22. The van der Waals surface area contributed by atoms with E-state index >= 15 is 0 Å². The number of carbonyl (C=O) groups is 1. The molecule has 11 heteroatoms. The van der Waals surface area contributed by atoms with Crippen molar-refractivity contribution in [2.75, 3.05) is 7.11 Å². The highest BCUT2D eigenvalue weighted by molar-refractivity contribution is 5.73. The molecule has 1 N–H and O–H groups in total. The number of aromatic amines is 1. The molecule has 0 fully saturated rings. The van der Waals surface area contributed by atoms with Crippen LogP contribution in [0, 0.1) is 10.1 Å². The highest BCUT2D eigenvalue weighted by Gasteiger charge is 2.34. The molecule has 0 spiro atoms. The van der Waals surface area contributed by atoms with E-state index in [2.05, 4.69) is 9.47 Å². The van der Waals surface area contributed by atoms with Gasteiger partial charge in [-0.05, 0) is 0 Å². The van der Waals surface area contributed by atoms with Crippen LogP contribution in [0.3, 0.4) is 0 Å². The van der Waals surface area contributed by atoms with E-state index in [1.54, 1.807) is 0 Å². The van der Waals surface area contributed by atoms with Gasteiger partial charge in [-0.15, -0.1) is 13.2 Å². The fourth-order valence-corrected chi connectivity index (χ4v) is 1.26. The molecule has 0 atom stereocenters. The maximum atomic E-state index is 12.1. The molecule has 8 nitrogen and oxygen atoms in total. The Balaban J connectivity index is 3.37. The molecule has 0 aromatic carbocycles. The molecule has 1 heterocycles. The SMILES string of the molecule is COC(=O)Cc1c(OC(F)(F)F)[nH]cc([N+](=O)[O-])c1=O. The van der Waals surface area contributed by atoms with Crippen molar-refractivity contribution >= 4 is 11.7 Å². The second-order valence-corrected chi connectivity index (χ2v) is 3.37. The lowest BCUT2D eigenvalue weighted by atomic mass is 10.2. The number of aromatic nitrogens is 1. The smallest absolute Gasteiger partial charge is 0.469 e. The minimum atomic E-state index is -5.13. The standard InChI is InChI=1S/C9H7F3N2O6/c1-19-6(15)2-4-7(16)5(14(17)18)3-13-8(4)20-9(10,11)12/h3H,2H2,1H3,(H,13,16). The zero-order chi connectivity index (χ0) is 15.5. The largest absolute Gasteiger partial charge is 0.574 e. The van der Waals surface area contributed by atoms with Gasteiger partial charge >= 0.3 is 18.0 Å². The predicted molar refractivity (Wildman–Crippen MR) is 56.1 cm³/mol. The van der Waals surface area contributed by atoms with Crippen LogP contribution in [-0.2, 0) is 16.0 Å². The van der Waals surface area contributed by atoms with Gasteiger partial charge in [0.25, 0.3) is 5.43 Å². The molecule has 0 amide bonds. The molecule has 1 aromatic heterocycles. The van der Waals surface area contributed by atoms with Gasteiger partial charge in [0.2, 0.25) is 5.88 Å². The Labute approximate surface area is 108 Å². The second-order valence-electron chi connectivity index (χ2n) is 3.37. The second kappa shape index (κ2) is 5.59. The predicted octanol–water partition coefficient (Wildman–Crippen LogP) is 0.897. The monoisotopic (exact) mass is 296 g/mol. The Morgan fingerprint density at radius 3 is 2.55 bits per heavy atom. The van der Waals surface area contributed by atoms with Crippen LogP contribution in [0.5, 0.6) is 5.88 Å². The third-order valence-electron chi connectivity index (χ3n) is 2.08. The van der Waals surface area contributed by atoms with Crippen LogP contribution in [0.15, 0.2) is 11.0 Å². The molecule has 0 aliphatic carbocycles. The van der Waals surface area contributed by atoms with Gasteiger partial charge < -0.3 is 14.5 Å². The molecule has 0 saturated heterocycles. The lowest BCUT2D eigenvalue weighted by Gasteiger charge is -2.11. The Hall–Kier alpha value is -2.59. The average molecular weight is 296 g/mol. The molecular formula is C9H7F3N2O6. The van der Waals surface area contributed by atoms with Crippen LogP contribution in [0.1, 0.15) is 5.56 Å². The normalized spacial score (nSPS) is 11.0. The van der Waals surface area contributed by atoms with Crippen LogP contribution in [-0.4, -0.2) is 29.3 Å². The number of hydrogen-bond donors (Lipinski definition) is 1. The van der Waals surface area contributed by atoms with Crippen molar-refractivity contribution in [3.05, 3.63) is 32.1 Å². The molecule has 0 unspecified atom stereocenters. The van der Waals surface area contributed by atoms with E-state index < -0.39 is 46.2 Å². The Morgan fingerprint density at radius 1 is 1.50 bits per heavy atom. The van der Waals surface area contributed by atoms with Gasteiger partial charge in [-0.3, -0.25) is 19.7 Å². The van der Waals surface area contributed by atoms with Gasteiger partial charge in [0.1, 0.15) is 0 Å². The van der Waals surface area contributed by atoms with E-state index in [1.165, 1.54) is 0 Å². The van der Waals surface area contributed by atoms with Crippen molar-refractivity contribution < 1.29 is 32.4 Å². The molecule has 20 heavy (non-hydrogen) atoms. The van der Waals surface area contributed by atoms with E-state index in [4.69, 9.17) is 0 Å². The molecule has 0 aliphatic heterocycles. The van der Waals surface area contributed by atoms with Crippen molar-refractivity contribution in [1.29, 1.82) is 0 Å². The van der Waals surface area contributed by atoms with Crippen molar-refractivity contribution in [2.24, 2.45) is 0 Å². The number of rotatable bonds is 4. The Kier molecular flexibility index (Phi) is 4.32. The first-order chi connectivity index (χ1) is 9.15. The number of methoxy groups -OCH3 is 1.